The van der Waals surface area contributed by atoms with Gasteiger partial charge in [0, 0.05) is 45.5 Å². The van der Waals surface area contributed by atoms with Crippen molar-refractivity contribution in [2.45, 2.75) is 26.4 Å². The van der Waals surface area contributed by atoms with E-state index in [0.717, 1.165) is 24.4 Å². The summed E-state index contributed by atoms with van der Waals surface area (Å²) in [4.78, 5) is 8.19. The van der Waals surface area contributed by atoms with Crippen LogP contribution in [0.1, 0.15) is 20.3 Å². The van der Waals surface area contributed by atoms with Gasteiger partial charge in [-0.2, -0.15) is 0 Å². The molecule has 0 aliphatic heterocycles. The number of allylic oxidation sites excluding steroid dienone is 2. The van der Waals surface area contributed by atoms with E-state index in [1.165, 1.54) is 0 Å². The van der Waals surface area contributed by atoms with Crippen LogP contribution < -0.4 is 5.32 Å². The van der Waals surface area contributed by atoms with Crippen LogP contribution in [0.2, 0.25) is 0 Å². The molecule has 0 rings (SSSR count). The second-order valence-electron chi connectivity index (χ2n) is 4.41. The zero-order chi connectivity index (χ0) is 14.8. The highest BCUT2D eigenvalue weighted by atomic mass is 15.3. The predicted octanol–water partition coefficient (Wildman–Crippen LogP) is 2.44. The van der Waals surface area contributed by atoms with E-state index < -0.39 is 0 Å². The van der Waals surface area contributed by atoms with Crippen LogP contribution in [0.25, 0.3) is 0 Å². The van der Waals surface area contributed by atoms with Crippen molar-refractivity contribution in [3.8, 4) is 0 Å². The molecule has 0 aromatic carbocycles. The molecule has 0 aliphatic carbocycles. The van der Waals surface area contributed by atoms with E-state index in [1.807, 2.05) is 27.1 Å². The Morgan fingerprint density at radius 1 is 1.37 bits per heavy atom. The minimum absolute atomic E-state index is 0.0357. The Morgan fingerprint density at radius 2 is 2.00 bits per heavy atom. The van der Waals surface area contributed by atoms with Crippen molar-refractivity contribution in [2.75, 3.05) is 27.7 Å². The molecule has 4 nitrogen and oxygen atoms in total. The largest absolute Gasteiger partial charge is 0.375 e. The summed E-state index contributed by atoms with van der Waals surface area (Å²) in [6.45, 7) is 13.3. The van der Waals surface area contributed by atoms with Gasteiger partial charge in [-0.1, -0.05) is 25.3 Å². The zero-order valence-electron chi connectivity index (χ0n) is 13.0. The molecule has 0 heterocycles. The monoisotopic (exact) mass is 264 g/mol. The average Bonchev–Trinajstić information content (AvgIpc) is 2.43. The first-order chi connectivity index (χ1) is 8.99. The molecule has 19 heavy (non-hydrogen) atoms. The van der Waals surface area contributed by atoms with Crippen molar-refractivity contribution in [1.29, 1.82) is 0 Å². The van der Waals surface area contributed by atoms with E-state index >= 15 is 0 Å². The normalized spacial score (nSPS) is 12.7. The Morgan fingerprint density at radius 3 is 2.47 bits per heavy atom. The van der Waals surface area contributed by atoms with Crippen LogP contribution in [0.4, 0.5) is 0 Å². The second kappa shape index (κ2) is 9.25. The molecule has 4 heteroatoms. The Hall–Kier alpha value is -1.71. The molecule has 0 saturated heterocycles. The zero-order valence-corrected chi connectivity index (χ0v) is 13.0. The molecule has 0 aromatic rings. The first kappa shape index (κ1) is 17.3. The van der Waals surface area contributed by atoms with E-state index in [4.69, 9.17) is 0 Å². The lowest BCUT2D eigenvalue weighted by Gasteiger charge is -2.36. The second-order valence-corrected chi connectivity index (χ2v) is 4.41. The molecule has 0 aliphatic rings. The Bertz CT molecular complexity index is 344. The van der Waals surface area contributed by atoms with Crippen molar-refractivity contribution in [2.24, 2.45) is 4.99 Å². The molecule has 1 N–H and O–H groups in total. The maximum atomic E-state index is 4.16. The van der Waals surface area contributed by atoms with Crippen molar-refractivity contribution >= 4 is 6.34 Å². The summed E-state index contributed by atoms with van der Waals surface area (Å²) in [7, 11) is 5.79. The van der Waals surface area contributed by atoms with Crippen LogP contribution in [-0.2, 0) is 0 Å². The average molecular weight is 264 g/mol. The van der Waals surface area contributed by atoms with Gasteiger partial charge in [-0.15, -0.1) is 0 Å². The van der Waals surface area contributed by atoms with Crippen LogP contribution in [0.3, 0.4) is 0 Å². The molecule has 0 spiro atoms. The lowest BCUT2D eigenvalue weighted by molar-refractivity contribution is 0.262. The van der Waals surface area contributed by atoms with Crippen molar-refractivity contribution < 1.29 is 0 Å². The number of hydrogen-bond donors (Lipinski definition) is 1. The summed E-state index contributed by atoms with van der Waals surface area (Å²) in [5.74, 6) is 0. The molecule has 1 atom stereocenters. The molecule has 0 amide bonds. The molecule has 0 radical (unpaired) electrons. The van der Waals surface area contributed by atoms with Gasteiger partial charge in [0.15, 0.2) is 0 Å². The maximum absolute atomic E-state index is 4.16. The van der Waals surface area contributed by atoms with E-state index in [9.17, 15) is 0 Å². The van der Waals surface area contributed by atoms with Gasteiger partial charge in [-0.25, -0.2) is 0 Å². The summed E-state index contributed by atoms with van der Waals surface area (Å²) < 4.78 is 0. The summed E-state index contributed by atoms with van der Waals surface area (Å²) in [5.41, 5.74) is 2.03. The van der Waals surface area contributed by atoms with E-state index in [0.29, 0.717) is 0 Å². The van der Waals surface area contributed by atoms with E-state index in [-0.39, 0.29) is 6.17 Å². The lowest BCUT2D eigenvalue weighted by atomic mass is 10.2. The molecule has 0 saturated carbocycles. The van der Waals surface area contributed by atoms with Gasteiger partial charge in [0.1, 0.15) is 6.17 Å². The molecule has 0 fully saturated rings. The third kappa shape index (κ3) is 5.64. The predicted molar refractivity (Wildman–Crippen MR) is 85.1 cm³/mol. The number of nitrogens with one attached hydrogen (secondary N) is 1. The number of hydrogen-bond acceptors (Lipinski definition) is 3. The third-order valence-electron chi connectivity index (χ3n) is 3.12. The fraction of sp³-hybridized carbons (Fsp3) is 0.533. The smallest absolute Gasteiger partial charge is 0.140 e. The van der Waals surface area contributed by atoms with Gasteiger partial charge in [-0.3, -0.25) is 4.99 Å². The topological polar surface area (TPSA) is 30.9 Å². The SMILES string of the molecule is C=C([C@H](NC=NC)N(C)C(=C)C/C=C/C)N(C)CC. The van der Waals surface area contributed by atoms with Crippen molar-refractivity contribution in [3.05, 3.63) is 36.7 Å². The highest BCUT2D eigenvalue weighted by Gasteiger charge is 2.19. The van der Waals surface area contributed by atoms with Gasteiger partial charge in [-0.05, 0) is 13.8 Å². The van der Waals surface area contributed by atoms with Gasteiger partial charge in [0.25, 0.3) is 0 Å². The number of nitrogens with zero attached hydrogens (tertiary/aromatic N) is 3. The summed E-state index contributed by atoms with van der Waals surface area (Å²) >= 11 is 0. The van der Waals surface area contributed by atoms with Gasteiger partial charge in [0.2, 0.25) is 0 Å². The summed E-state index contributed by atoms with van der Waals surface area (Å²) in [6.07, 6.45) is 6.61. The number of likely N-dealkylation sites (N-methyl/N-ethyl adjacent to an activating group) is 2. The first-order valence-electron chi connectivity index (χ1n) is 6.57. The van der Waals surface area contributed by atoms with Crippen LogP contribution in [-0.4, -0.2) is 50.0 Å². The standard InChI is InChI=1S/C15H28N4/c1-8-10-11-13(3)19(7)15(17-12-16-5)14(4)18(6)9-2/h8,10,12,15H,3-4,9,11H2,1-2,5-7H3,(H,16,17)/b10-8+/t15-/m1/s1. The Kier molecular flexibility index (Phi) is 8.42. The van der Waals surface area contributed by atoms with E-state index in [2.05, 4.69) is 46.3 Å². The fourth-order valence-corrected chi connectivity index (χ4v) is 1.57. The fourth-order valence-electron chi connectivity index (χ4n) is 1.57. The highest BCUT2D eigenvalue weighted by Crippen LogP contribution is 2.15. The van der Waals surface area contributed by atoms with E-state index in [1.54, 1.807) is 13.4 Å². The minimum atomic E-state index is -0.0357. The molecular weight excluding hydrogens is 236 g/mol. The van der Waals surface area contributed by atoms with Gasteiger partial charge in [0.05, 0.1) is 6.34 Å². The van der Waals surface area contributed by atoms with Crippen LogP contribution >= 0.6 is 0 Å². The number of aliphatic imine (C=N–C) groups is 1. The molecule has 108 valence electrons. The van der Waals surface area contributed by atoms with Crippen molar-refractivity contribution in [1.82, 2.24) is 15.1 Å². The Labute approximate surface area is 118 Å². The maximum Gasteiger partial charge on any atom is 0.140 e. The molecular formula is C15H28N4. The molecule has 0 unspecified atom stereocenters. The highest BCUT2D eigenvalue weighted by molar-refractivity contribution is 5.55. The quantitative estimate of drug-likeness (QED) is 0.300. The van der Waals surface area contributed by atoms with Gasteiger partial charge < -0.3 is 15.1 Å². The summed E-state index contributed by atoms with van der Waals surface area (Å²) in [5, 5.41) is 3.25. The molecule has 0 aromatic heterocycles. The van der Waals surface area contributed by atoms with Gasteiger partial charge >= 0.3 is 0 Å². The minimum Gasteiger partial charge on any atom is -0.375 e. The third-order valence-corrected chi connectivity index (χ3v) is 3.12. The Balaban J connectivity index is 4.91. The van der Waals surface area contributed by atoms with Crippen LogP contribution in [0, 0.1) is 0 Å². The van der Waals surface area contributed by atoms with Crippen LogP contribution in [0.15, 0.2) is 41.7 Å². The first-order valence-corrected chi connectivity index (χ1v) is 6.57. The lowest BCUT2D eigenvalue weighted by Crippen LogP contribution is -2.47. The summed E-state index contributed by atoms with van der Waals surface area (Å²) in [6, 6.07) is 0. The number of rotatable bonds is 9. The van der Waals surface area contributed by atoms with Crippen LogP contribution in [0.5, 0.6) is 0 Å². The molecule has 0 bridgehead atoms. The van der Waals surface area contributed by atoms with Crippen molar-refractivity contribution in [3.63, 3.8) is 0 Å².